The van der Waals surface area contributed by atoms with Crippen LogP contribution < -0.4 is 10.6 Å². The minimum Gasteiger partial charge on any atom is -0.467 e. The van der Waals surface area contributed by atoms with Crippen LogP contribution in [0.15, 0.2) is 24.3 Å². The summed E-state index contributed by atoms with van der Waals surface area (Å²) in [5.74, 6) is -0.859. The quantitative estimate of drug-likeness (QED) is 0.767. The van der Waals surface area contributed by atoms with Crippen LogP contribution in [0.1, 0.15) is 26.7 Å². The van der Waals surface area contributed by atoms with Crippen molar-refractivity contribution in [2.24, 2.45) is 5.92 Å². The van der Waals surface area contributed by atoms with Gasteiger partial charge in [0.05, 0.1) is 7.11 Å². The number of esters is 1. The van der Waals surface area contributed by atoms with E-state index in [1.54, 1.807) is 24.3 Å². The zero-order valence-electron chi connectivity index (χ0n) is 15.1. The molecule has 1 fully saturated rings. The molecule has 1 unspecified atom stereocenters. The Hall–Kier alpha value is -2.28. The van der Waals surface area contributed by atoms with Crippen molar-refractivity contribution in [2.45, 2.75) is 38.8 Å². The van der Waals surface area contributed by atoms with Crippen LogP contribution in [0.5, 0.6) is 0 Å². The first-order chi connectivity index (χ1) is 12.3. The van der Waals surface area contributed by atoms with Crippen LogP contribution in [0.25, 0.3) is 0 Å². The van der Waals surface area contributed by atoms with Crippen LogP contribution in [0, 0.1) is 5.92 Å². The molecule has 8 heteroatoms. The number of carbonyl (C=O) groups excluding carboxylic acids is 3. The van der Waals surface area contributed by atoms with Crippen LogP contribution in [0.3, 0.4) is 0 Å². The van der Waals surface area contributed by atoms with Gasteiger partial charge in [-0.2, -0.15) is 0 Å². The first kappa shape index (κ1) is 20.0. The zero-order valence-corrected chi connectivity index (χ0v) is 15.9. The standard InChI is InChI=1S/C18H24ClN3O4/c1-11(2)15(16(23)22-9-5-8-14(22)17(24)26-3)21-18(25)20-13-7-4-6-12(19)10-13/h4,6-7,10-11,14-15H,5,8-9H2,1-3H3,(H2,20,21,25)/t14-,15?/m0/s1. The van der Waals surface area contributed by atoms with E-state index in [2.05, 4.69) is 10.6 Å². The lowest BCUT2D eigenvalue weighted by atomic mass is 10.0. The van der Waals surface area contributed by atoms with Crippen LogP contribution in [-0.2, 0) is 14.3 Å². The molecule has 26 heavy (non-hydrogen) atoms. The summed E-state index contributed by atoms with van der Waals surface area (Å²) in [7, 11) is 1.31. The van der Waals surface area contributed by atoms with Crippen molar-refractivity contribution < 1.29 is 19.1 Å². The third kappa shape index (κ3) is 4.88. The largest absolute Gasteiger partial charge is 0.467 e. The minimum absolute atomic E-state index is 0.147. The smallest absolute Gasteiger partial charge is 0.328 e. The number of urea groups is 1. The van der Waals surface area contributed by atoms with E-state index in [4.69, 9.17) is 16.3 Å². The Morgan fingerprint density at radius 2 is 2.04 bits per heavy atom. The van der Waals surface area contributed by atoms with E-state index in [0.717, 1.165) is 6.42 Å². The molecule has 2 rings (SSSR count). The zero-order chi connectivity index (χ0) is 19.3. The summed E-state index contributed by atoms with van der Waals surface area (Å²) in [6, 6.07) is 4.88. The molecule has 2 atom stereocenters. The topological polar surface area (TPSA) is 87.7 Å². The number of ether oxygens (including phenoxy) is 1. The average molecular weight is 382 g/mol. The van der Waals surface area contributed by atoms with Gasteiger partial charge in [-0.15, -0.1) is 0 Å². The van der Waals surface area contributed by atoms with E-state index >= 15 is 0 Å². The maximum atomic E-state index is 12.9. The number of halogens is 1. The summed E-state index contributed by atoms with van der Waals surface area (Å²) in [5.41, 5.74) is 0.526. The highest BCUT2D eigenvalue weighted by molar-refractivity contribution is 6.30. The lowest BCUT2D eigenvalue weighted by Gasteiger charge is -2.29. The molecule has 0 saturated carbocycles. The number of anilines is 1. The van der Waals surface area contributed by atoms with Crippen LogP contribution in [0.4, 0.5) is 10.5 Å². The van der Waals surface area contributed by atoms with Gasteiger partial charge in [0, 0.05) is 17.3 Å². The Balaban J connectivity index is 2.06. The first-order valence-corrected chi connectivity index (χ1v) is 8.92. The van der Waals surface area contributed by atoms with E-state index < -0.39 is 24.1 Å². The van der Waals surface area contributed by atoms with Gasteiger partial charge in [-0.25, -0.2) is 9.59 Å². The molecule has 1 aliphatic rings. The van der Waals surface area contributed by atoms with Crippen LogP contribution >= 0.6 is 11.6 Å². The Labute approximate surface area is 158 Å². The molecule has 3 amide bonds. The van der Waals surface area contributed by atoms with Crippen molar-refractivity contribution in [1.29, 1.82) is 0 Å². The van der Waals surface area contributed by atoms with Gasteiger partial charge in [0.25, 0.3) is 0 Å². The van der Waals surface area contributed by atoms with Gasteiger partial charge in [-0.3, -0.25) is 4.79 Å². The molecule has 0 radical (unpaired) electrons. The number of hydrogen-bond acceptors (Lipinski definition) is 4. The second-order valence-electron chi connectivity index (χ2n) is 6.54. The Morgan fingerprint density at radius 1 is 1.31 bits per heavy atom. The second-order valence-corrected chi connectivity index (χ2v) is 6.98. The second kappa shape index (κ2) is 8.89. The number of carbonyl (C=O) groups is 3. The fourth-order valence-corrected chi connectivity index (χ4v) is 3.17. The summed E-state index contributed by atoms with van der Waals surface area (Å²) in [6.07, 6.45) is 1.29. The molecule has 1 aromatic carbocycles. The predicted molar refractivity (Wildman–Crippen MR) is 99.0 cm³/mol. The number of hydrogen-bond donors (Lipinski definition) is 2. The molecule has 0 bridgehead atoms. The normalized spacial score (nSPS) is 17.7. The summed E-state index contributed by atoms with van der Waals surface area (Å²) in [5, 5.41) is 5.86. The average Bonchev–Trinajstić information content (AvgIpc) is 3.08. The fraction of sp³-hybridized carbons (Fsp3) is 0.500. The molecule has 1 aliphatic heterocycles. The van der Waals surface area contributed by atoms with Crippen molar-refractivity contribution in [3.05, 3.63) is 29.3 Å². The van der Waals surface area contributed by atoms with Crippen molar-refractivity contribution in [2.75, 3.05) is 19.0 Å². The van der Waals surface area contributed by atoms with Gasteiger partial charge in [0.15, 0.2) is 0 Å². The van der Waals surface area contributed by atoms with Gasteiger partial charge in [-0.05, 0) is 37.0 Å². The molecule has 1 aromatic rings. The summed E-state index contributed by atoms with van der Waals surface area (Å²) < 4.78 is 4.78. The Bertz CT molecular complexity index is 680. The molecule has 142 valence electrons. The van der Waals surface area contributed by atoms with Gasteiger partial charge in [-0.1, -0.05) is 31.5 Å². The molecule has 1 saturated heterocycles. The molecule has 0 spiro atoms. The fourth-order valence-electron chi connectivity index (χ4n) is 2.98. The summed E-state index contributed by atoms with van der Waals surface area (Å²) >= 11 is 5.90. The lowest BCUT2D eigenvalue weighted by Crippen LogP contribution is -2.54. The molecule has 0 aliphatic carbocycles. The number of nitrogens with zero attached hydrogens (tertiary/aromatic N) is 1. The van der Waals surface area contributed by atoms with E-state index in [0.29, 0.717) is 23.7 Å². The van der Waals surface area contributed by atoms with E-state index in [-0.39, 0.29) is 11.8 Å². The maximum Gasteiger partial charge on any atom is 0.328 e. The maximum absolute atomic E-state index is 12.9. The molecule has 1 heterocycles. The van der Waals surface area contributed by atoms with Crippen molar-refractivity contribution in [1.82, 2.24) is 10.2 Å². The van der Waals surface area contributed by atoms with E-state index in [1.807, 2.05) is 13.8 Å². The predicted octanol–water partition coefficient (Wildman–Crippen LogP) is 2.65. The Kier molecular flexibility index (Phi) is 6.85. The highest BCUT2D eigenvalue weighted by Crippen LogP contribution is 2.21. The van der Waals surface area contributed by atoms with Gasteiger partial charge >= 0.3 is 12.0 Å². The van der Waals surface area contributed by atoms with Gasteiger partial charge < -0.3 is 20.3 Å². The van der Waals surface area contributed by atoms with E-state index in [9.17, 15) is 14.4 Å². The van der Waals surface area contributed by atoms with E-state index in [1.165, 1.54) is 12.0 Å². The molecule has 0 aromatic heterocycles. The number of nitrogens with one attached hydrogen (secondary N) is 2. The first-order valence-electron chi connectivity index (χ1n) is 8.55. The molecule has 7 nitrogen and oxygen atoms in total. The number of benzene rings is 1. The highest BCUT2D eigenvalue weighted by Gasteiger charge is 2.39. The lowest BCUT2D eigenvalue weighted by molar-refractivity contribution is -0.151. The summed E-state index contributed by atoms with van der Waals surface area (Å²) in [4.78, 5) is 38.6. The van der Waals surface area contributed by atoms with Crippen molar-refractivity contribution in [3.63, 3.8) is 0 Å². The van der Waals surface area contributed by atoms with Crippen molar-refractivity contribution >= 4 is 35.2 Å². The number of rotatable bonds is 5. The van der Waals surface area contributed by atoms with Crippen LogP contribution in [0.2, 0.25) is 5.02 Å². The third-order valence-corrected chi connectivity index (χ3v) is 4.55. The molecular formula is C18H24ClN3O4. The number of methoxy groups -OCH3 is 1. The van der Waals surface area contributed by atoms with Gasteiger partial charge in [0.2, 0.25) is 5.91 Å². The SMILES string of the molecule is COC(=O)[C@@H]1CCCN1C(=O)C(NC(=O)Nc1cccc(Cl)c1)C(C)C. The van der Waals surface area contributed by atoms with Crippen LogP contribution in [-0.4, -0.2) is 48.5 Å². The number of likely N-dealkylation sites (tertiary alicyclic amines) is 1. The Morgan fingerprint density at radius 3 is 2.65 bits per heavy atom. The monoisotopic (exact) mass is 381 g/mol. The summed E-state index contributed by atoms with van der Waals surface area (Å²) in [6.45, 7) is 4.15. The molecular weight excluding hydrogens is 358 g/mol. The minimum atomic E-state index is -0.751. The third-order valence-electron chi connectivity index (χ3n) is 4.31. The van der Waals surface area contributed by atoms with Crippen molar-refractivity contribution in [3.8, 4) is 0 Å². The van der Waals surface area contributed by atoms with Gasteiger partial charge in [0.1, 0.15) is 12.1 Å². The number of amides is 3. The highest BCUT2D eigenvalue weighted by atomic mass is 35.5. The molecule has 2 N–H and O–H groups in total.